The maximum absolute atomic E-state index is 11.8. The molecule has 0 saturated carbocycles. The minimum atomic E-state index is -4.70. The minimum Gasteiger partial charge on any atom is -0.382 e. The van der Waals surface area contributed by atoms with Gasteiger partial charge in [-0.2, -0.15) is 0 Å². The fourth-order valence-electron chi connectivity index (χ4n) is 2.27. The molecule has 10 nitrogen and oxygen atoms in total. The van der Waals surface area contributed by atoms with Gasteiger partial charge in [0, 0.05) is 25.3 Å². The zero-order valence-electron chi connectivity index (χ0n) is 12.0. The Hall–Kier alpha value is -1.29. The van der Waals surface area contributed by atoms with Crippen LogP contribution in [0.4, 0.5) is 0 Å². The molecule has 1 aromatic heterocycles. The van der Waals surface area contributed by atoms with Gasteiger partial charge in [0.2, 0.25) is 0 Å². The first kappa shape index (κ1) is 17.1. The second-order valence-electron chi connectivity index (χ2n) is 4.93. The molecule has 1 aromatic rings. The van der Waals surface area contributed by atoms with Gasteiger partial charge in [0.1, 0.15) is 18.4 Å². The van der Waals surface area contributed by atoms with Crippen LogP contribution in [-0.2, 0) is 18.6 Å². The van der Waals surface area contributed by atoms with Gasteiger partial charge in [-0.15, -0.1) is 0 Å². The molecule has 22 heavy (non-hydrogen) atoms. The van der Waals surface area contributed by atoms with Crippen LogP contribution in [0.15, 0.2) is 15.8 Å². The molecule has 0 spiro atoms. The van der Waals surface area contributed by atoms with Crippen LogP contribution in [-0.4, -0.2) is 45.3 Å². The molecule has 1 fully saturated rings. The van der Waals surface area contributed by atoms with E-state index in [1.165, 1.54) is 20.2 Å². The first-order valence-corrected chi connectivity index (χ1v) is 7.94. The summed E-state index contributed by atoms with van der Waals surface area (Å²) in [6, 6.07) is 0. The summed E-state index contributed by atoms with van der Waals surface area (Å²) in [5.74, 6) is 0. The van der Waals surface area contributed by atoms with Gasteiger partial charge in [-0.25, -0.2) is 9.36 Å². The lowest BCUT2D eigenvalue weighted by atomic mass is 10.2. The molecular formula is C11H17N2O8P. The second kappa shape index (κ2) is 6.45. The summed E-state index contributed by atoms with van der Waals surface area (Å²) in [5.41, 5.74) is -0.866. The number of phosphoric acid groups is 1. The summed E-state index contributed by atoms with van der Waals surface area (Å²) < 4.78 is 27.3. The molecule has 0 radical (unpaired) electrons. The van der Waals surface area contributed by atoms with Crippen molar-refractivity contribution in [3.8, 4) is 0 Å². The molecule has 1 aliphatic rings. The van der Waals surface area contributed by atoms with E-state index in [0.29, 0.717) is 5.56 Å². The van der Waals surface area contributed by atoms with Crippen LogP contribution in [0.25, 0.3) is 0 Å². The molecule has 0 amide bonds. The van der Waals surface area contributed by atoms with Gasteiger partial charge in [-0.3, -0.25) is 18.9 Å². The van der Waals surface area contributed by atoms with Crippen LogP contribution in [0.1, 0.15) is 18.2 Å². The number of methoxy groups -OCH3 is 1. The van der Waals surface area contributed by atoms with Gasteiger partial charge in [0.15, 0.2) is 0 Å². The summed E-state index contributed by atoms with van der Waals surface area (Å²) in [5, 5.41) is 0. The SMILES string of the molecule is COC[C@H]1O[C@@H](n2cc(C)c(=O)[nH]c2=O)C[C@@H]1OP(=O)(O)O. The molecule has 1 saturated heterocycles. The molecule has 124 valence electrons. The third-order valence-corrected chi connectivity index (χ3v) is 3.79. The van der Waals surface area contributed by atoms with E-state index in [-0.39, 0.29) is 13.0 Å². The van der Waals surface area contributed by atoms with Crippen LogP contribution in [0.3, 0.4) is 0 Å². The highest BCUT2D eigenvalue weighted by Gasteiger charge is 2.41. The maximum atomic E-state index is 11.8. The number of rotatable bonds is 5. The van der Waals surface area contributed by atoms with Crippen LogP contribution >= 0.6 is 7.82 Å². The standard InChI is InChI=1S/C11H17N2O8P/c1-6-4-13(11(15)12-10(6)14)9-3-7(21-22(16,17)18)8(20-9)5-19-2/h4,7-9H,3,5H2,1-2H3,(H,12,14,15)(H2,16,17,18)/t7-,8+,9+/m0/s1. The van der Waals surface area contributed by atoms with E-state index in [2.05, 4.69) is 9.51 Å². The summed E-state index contributed by atoms with van der Waals surface area (Å²) in [6.45, 7) is 1.57. The largest absolute Gasteiger partial charge is 0.469 e. The number of aromatic nitrogens is 2. The number of phosphoric ester groups is 1. The van der Waals surface area contributed by atoms with Crippen molar-refractivity contribution in [2.75, 3.05) is 13.7 Å². The Labute approximate surface area is 124 Å². The van der Waals surface area contributed by atoms with Crippen molar-refractivity contribution in [3.05, 3.63) is 32.6 Å². The minimum absolute atomic E-state index is 0.0323. The summed E-state index contributed by atoms with van der Waals surface area (Å²) in [7, 11) is -3.30. The van der Waals surface area contributed by atoms with Gasteiger partial charge >= 0.3 is 13.5 Å². The molecule has 0 aromatic carbocycles. The van der Waals surface area contributed by atoms with Crippen molar-refractivity contribution >= 4 is 7.82 Å². The van der Waals surface area contributed by atoms with E-state index in [9.17, 15) is 14.2 Å². The molecular weight excluding hydrogens is 319 g/mol. The van der Waals surface area contributed by atoms with Gasteiger partial charge < -0.3 is 19.3 Å². The lowest BCUT2D eigenvalue weighted by Gasteiger charge is -2.18. The number of aryl methyl sites for hydroxylation is 1. The Kier molecular flexibility index (Phi) is 5.00. The van der Waals surface area contributed by atoms with E-state index >= 15 is 0 Å². The van der Waals surface area contributed by atoms with E-state index in [1.807, 2.05) is 0 Å². The average Bonchev–Trinajstić information content (AvgIpc) is 2.75. The number of nitrogens with one attached hydrogen (secondary N) is 1. The smallest absolute Gasteiger partial charge is 0.382 e. The second-order valence-corrected chi connectivity index (χ2v) is 6.13. The van der Waals surface area contributed by atoms with Crippen molar-refractivity contribution < 1.29 is 28.3 Å². The van der Waals surface area contributed by atoms with Gasteiger partial charge in [-0.1, -0.05) is 0 Å². The lowest BCUT2D eigenvalue weighted by Crippen LogP contribution is -2.33. The third-order valence-electron chi connectivity index (χ3n) is 3.24. The number of hydrogen-bond acceptors (Lipinski definition) is 6. The third kappa shape index (κ3) is 3.92. The Morgan fingerprint density at radius 2 is 2.18 bits per heavy atom. The molecule has 11 heteroatoms. The molecule has 3 atom stereocenters. The van der Waals surface area contributed by atoms with Crippen LogP contribution in [0, 0.1) is 6.92 Å². The van der Waals surface area contributed by atoms with Crippen LogP contribution in [0.2, 0.25) is 0 Å². The first-order chi connectivity index (χ1) is 10.2. The van der Waals surface area contributed by atoms with E-state index in [1.54, 1.807) is 0 Å². The zero-order chi connectivity index (χ0) is 16.5. The fraction of sp³-hybridized carbons (Fsp3) is 0.636. The van der Waals surface area contributed by atoms with Crippen molar-refractivity contribution in [1.29, 1.82) is 0 Å². The topological polar surface area (TPSA) is 140 Å². The molecule has 3 N–H and O–H groups in total. The van der Waals surface area contributed by atoms with Gasteiger partial charge in [0.25, 0.3) is 5.56 Å². The highest BCUT2D eigenvalue weighted by molar-refractivity contribution is 7.46. The summed E-state index contributed by atoms with van der Waals surface area (Å²) >= 11 is 0. The zero-order valence-corrected chi connectivity index (χ0v) is 12.9. The average molecular weight is 336 g/mol. The maximum Gasteiger partial charge on any atom is 0.469 e. The van der Waals surface area contributed by atoms with Gasteiger partial charge in [0.05, 0.1) is 6.61 Å². The number of hydrogen-bond donors (Lipinski definition) is 3. The van der Waals surface area contributed by atoms with Gasteiger partial charge in [-0.05, 0) is 6.92 Å². The Morgan fingerprint density at radius 3 is 2.77 bits per heavy atom. The number of aromatic amines is 1. The predicted octanol–water partition coefficient (Wildman–Crippen LogP) is -0.743. The lowest BCUT2D eigenvalue weighted by molar-refractivity contribution is -0.0540. The Balaban J connectivity index is 2.27. The molecule has 0 aliphatic carbocycles. The van der Waals surface area contributed by atoms with Crippen molar-refractivity contribution in [1.82, 2.24) is 9.55 Å². The first-order valence-electron chi connectivity index (χ1n) is 6.41. The van der Waals surface area contributed by atoms with Crippen molar-refractivity contribution in [2.24, 2.45) is 0 Å². The molecule has 2 heterocycles. The highest BCUT2D eigenvalue weighted by Crippen LogP contribution is 2.43. The highest BCUT2D eigenvalue weighted by atomic mass is 31.2. The van der Waals surface area contributed by atoms with Crippen LogP contribution < -0.4 is 11.2 Å². The Morgan fingerprint density at radius 1 is 1.50 bits per heavy atom. The Bertz CT molecular complexity index is 692. The molecule has 2 rings (SSSR count). The quantitative estimate of drug-likeness (QED) is 0.597. The molecule has 0 bridgehead atoms. The molecule has 1 aliphatic heterocycles. The van der Waals surface area contributed by atoms with E-state index in [0.717, 1.165) is 4.57 Å². The van der Waals surface area contributed by atoms with Crippen molar-refractivity contribution in [3.63, 3.8) is 0 Å². The van der Waals surface area contributed by atoms with E-state index in [4.69, 9.17) is 19.3 Å². The molecule has 0 unspecified atom stereocenters. The monoisotopic (exact) mass is 336 g/mol. The van der Waals surface area contributed by atoms with E-state index < -0.39 is 37.5 Å². The number of H-pyrrole nitrogens is 1. The number of ether oxygens (including phenoxy) is 2. The number of nitrogens with zero attached hydrogens (tertiary/aromatic N) is 1. The van der Waals surface area contributed by atoms with Crippen molar-refractivity contribution in [2.45, 2.75) is 31.8 Å². The normalized spacial score (nSPS) is 25.5. The predicted molar refractivity (Wildman–Crippen MR) is 73.4 cm³/mol. The summed E-state index contributed by atoms with van der Waals surface area (Å²) in [4.78, 5) is 43.2. The van der Waals surface area contributed by atoms with Crippen LogP contribution in [0.5, 0.6) is 0 Å². The fourth-order valence-corrected chi connectivity index (χ4v) is 2.85. The summed E-state index contributed by atoms with van der Waals surface area (Å²) in [6.07, 6.45) is -1.15.